The number of nitrogens with zero attached hydrogens (tertiary/aromatic N) is 1. The molecule has 0 radical (unpaired) electrons. The van der Waals surface area contributed by atoms with Crippen LogP contribution in [0, 0.1) is 0 Å². The molecule has 0 atom stereocenters. The first-order valence-electron chi connectivity index (χ1n) is 8.57. The van der Waals surface area contributed by atoms with Crippen molar-refractivity contribution in [1.82, 2.24) is 5.32 Å². The summed E-state index contributed by atoms with van der Waals surface area (Å²) in [6, 6.07) is 14.1. The predicted molar refractivity (Wildman–Crippen MR) is 96.2 cm³/mol. The van der Waals surface area contributed by atoms with E-state index in [1.165, 1.54) is 10.4 Å². The summed E-state index contributed by atoms with van der Waals surface area (Å²) in [6.07, 6.45) is 3.66. The van der Waals surface area contributed by atoms with E-state index >= 15 is 0 Å². The topological polar surface area (TPSA) is 66.5 Å². The van der Waals surface area contributed by atoms with Gasteiger partial charge in [-0.05, 0) is 55.5 Å². The number of carbonyl (C=O) groups excluding carboxylic acids is 1. The lowest BCUT2D eigenvalue weighted by atomic mass is 10.0. The van der Waals surface area contributed by atoms with Gasteiger partial charge >= 0.3 is 0 Å². The highest BCUT2D eigenvalue weighted by molar-refractivity contribution is 7.92. The van der Waals surface area contributed by atoms with Gasteiger partial charge in [-0.2, -0.15) is 0 Å². The first kappa shape index (κ1) is 16.1. The van der Waals surface area contributed by atoms with Gasteiger partial charge in [-0.25, -0.2) is 8.42 Å². The molecule has 4 rings (SSSR count). The summed E-state index contributed by atoms with van der Waals surface area (Å²) in [6.45, 7) is 0.456. The molecule has 0 aromatic heterocycles. The molecule has 1 saturated carbocycles. The Morgan fingerprint density at radius 1 is 1.08 bits per heavy atom. The third kappa shape index (κ3) is 3.14. The number of para-hydroxylation sites is 1. The molecule has 0 bridgehead atoms. The van der Waals surface area contributed by atoms with Crippen molar-refractivity contribution < 1.29 is 13.2 Å². The van der Waals surface area contributed by atoms with E-state index in [-0.39, 0.29) is 16.8 Å². The molecule has 0 unspecified atom stereocenters. The maximum atomic E-state index is 13.2. The lowest BCUT2D eigenvalue weighted by Crippen LogP contribution is -2.35. The van der Waals surface area contributed by atoms with E-state index in [1.54, 1.807) is 18.2 Å². The zero-order valence-corrected chi connectivity index (χ0v) is 14.6. The van der Waals surface area contributed by atoms with E-state index in [2.05, 4.69) is 5.32 Å². The van der Waals surface area contributed by atoms with Crippen molar-refractivity contribution in [2.24, 2.45) is 0 Å². The van der Waals surface area contributed by atoms with Gasteiger partial charge < -0.3 is 5.32 Å². The maximum Gasteiger partial charge on any atom is 0.264 e. The van der Waals surface area contributed by atoms with E-state index in [1.807, 2.05) is 24.3 Å². The number of carbonyl (C=O) groups is 1. The van der Waals surface area contributed by atoms with E-state index < -0.39 is 10.0 Å². The van der Waals surface area contributed by atoms with Crippen LogP contribution in [-0.4, -0.2) is 26.9 Å². The molecule has 1 amide bonds. The van der Waals surface area contributed by atoms with Crippen LogP contribution < -0.4 is 9.62 Å². The number of hydrogen-bond acceptors (Lipinski definition) is 3. The van der Waals surface area contributed by atoms with Crippen molar-refractivity contribution in [2.75, 3.05) is 10.8 Å². The molecule has 0 saturated heterocycles. The highest BCUT2D eigenvalue weighted by Crippen LogP contribution is 2.32. The molecule has 1 aliphatic carbocycles. The van der Waals surface area contributed by atoms with Crippen LogP contribution in [0.3, 0.4) is 0 Å². The highest BCUT2D eigenvalue weighted by atomic mass is 32.2. The minimum absolute atomic E-state index is 0.160. The Labute approximate surface area is 147 Å². The number of fused-ring (bicyclic) bond motifs is 1. The zero-order chi connectivity index (χ0) is 17.4. The van der Waals surface area contributed by atoms with Crippen molar-refractivity contribution in [3.63, 3.8) is 0 Å². The monoisotopic (exact) mass is 356 g/mol. The average Bonchev–Trinajstić information content (AvgIpc) is 3.45. The quantitative estimate of drug-likeness (QED) is 0.916. The maximum absolute atomic E-state index is 13.2. The predicted octanol–water partition coefficient (Wildman–Crippen LogP) is 2.72. The molecule has 1 N–H and O–H groups in total. The molecule has 2 aromatic carbocycles. The van der Waals surface area contributed by atoms with Crippen LogP contribution in [0.15, 0.2) is 53.4 Å². The van der Waals surface area contributed by atoms with Crippen molar-refractivity contribution in [1.29, 1.82) is 0 Å². The van der Waals surface area contributed by atoms with Crippen LogP contribution >= 0.6 is 0 Å². The molecular formula is C19H20N2O3S. The Morgan fingerprint density at radius 2 is 1.88 bits per heavy atom. The van der Waals surface area contributed by atoms with Gasteiger partial charge in [0.15, 0.2) is 0 Å². The van der Waals surface area contributed by atoms with Gasteiger partial charge in [0, 0.05) is 18.2 Å². The summed E-state index contributed by atoms with van der Waals surface area (Å²) in [4.78, 5) is 12.4. The summed E-state index contributed by atoms with van der Waals surface area (Å²) in [5.74, 6) is -0.210. The Hall–Kier alpha value is -2.34. The smallest absolute Gasteiger partial charge is 0.264 e. The standard InChI is InChI=1S/C19H20N2O3S/c22-19(20-16-10-11-16)15-6-3-8-17(13-15)25(23,24)21-12-4-7-14-5-1-2-9-18(14)21/h1-3,5-6,8-9,13,16H,4,7,10-12H2,(H,20,22). The van der Waals surface area contributed by atoms with Crippen LogP contribution in [0.2, 0.25) is 0 Å². The zero-order valence-electron chi connectivity index (χ0n) is 13.8. The van der Waals surface area contributed by atoms with Gasteiger partial charge in [-0.3, -0.25) is 9.10 Å². The number of sulfonamides is 1. The number of nitrogens with one attached hydrogen (secondary N) is 1. The number of anilines is 1. The van der Waals surface area contributed by atoms with E-state index in [0.29, 0.717) is 12.1 Å². The fraction of sp³-hybridized carbons (Fsp3) is 0.316. The molecule has 1 heterocycles. The Kier molecular flexibility index (Phi) is 4.00. The molecule has 1 aliphatic heterocycles. The Morgan fingerprint density at radius 3 is 2.68 bits per heavy atom. The minimum atomic E-state index is -3.69. The van der Waals surface area contributed by atoms with Crippen LogP contribution in [0.1, 0.15) is 35.2 Å². The molecule has 6 heteroatoms. The highest BCUT2D eigenvalue weighted by Gasteiger charge is 2.30. The molecule has 2 aromatic rings. The number of amides is 1. The summed E-state index contributed by atoms with van der Waals surface area (Å²) in [5, 5.41) is 2.90. The summed E-state index contributed by atoms with van der Waals surface area (Å²) < 4.78 is 27.8. The molecule has 2 aliphatic rings. The first-order chi connectivity index (χ1) is 12.1. The van der Waals surface area contributed by atoms with Gasteiger partial charge in [0.1, 0.15) is 0 Å². The fourth-order valence-corrected chi connectivity index (χ4v) is 4.76. The number of hydrogen-bond donors (Lipinski definition) is 1. The minimum Gasteiger partial charge on any atom is -0.349 e. The van der Waals surface area contributed by atoms with E-state index in [0.717, 1.165) is 36.9 Å². The van der Waals surface area contributed by atoms with Gasteiger partial charge in [0.05, 0.1) is 10.6 Å². The van der Waals surface area contributed by atoms with Crippen LogP contribution in [0.4, 0.5) is 5.69 Å². The lowest BCUT2D eigenvalue weighted by Gasteiger charge is -2.30. The second-order valence-corrected chi connectivity index (χ2v) is 8.45. The summed E-state index contributed by atoms with van der Waals surface area (Å²) in [5.41, 5.74) is 2.17. The first-order valence-corrected chi connectivity index (χ1v) is 10.0. The average molecular weight is 356 g/mol. The lowest BCUT2D eigenvalue weighted by molar-refractivity contribution is 0.0951. The van der Waals surface area contributed by atoms with E-state index in [9.17, 15) is 13.2 Å². The van der Waals surface area contributed by atoms with Gasteiger partial charge in [-0.15, -0.1) is 0 Å². The van der Waals surface area contributed by atoms with Crippen LogP contribution in [0.25, 0.3) is 0 Å². The number of benzene rings is 2. The largest absolute Gasteiger partial charge is 0.349 e. The molecule has 0 spiro atoms. The SMILES string of the molecule is O=C(NC1CC1)c1cccc(S(=O)(=O)N2CCCc3ccccc32)c1. The van der Waals surface area contributed by atoms with E-state index in [4.69, 9.17) is 0 Å². The molecular weight excluding hydrogens is 336 g/mol. The second-order valence-electron chi connectivity index (χ2n) is 6.59. The molecule has 1 fully saturated rings. The van der Waals surface area contributed by atoms with Crippen LogP contribution in [-0.2, 0) is 16.4 Å². The van der Waals surface area contributed by atoms with Gasteiger partial charge in [-0.1, -0.05) is 24.3 Å². The third-order valence-electron chi connectivity index (χ3n) is 4.66. The second kappa shape index (κ2) is 6.19. The Bertz CT molecular complexity index is 920. The van der Waals surface area contributed by atoms with Crippen molar-refractivity contribution in [3.05, 3.63) is 59.7 Å². The summed E-state index contributed by atoms with van der Waals surface area (Å²) >= 11 is 0. The molecule has 25 heavy (non-hydrogen) atoms. The fourth-order valence-electron chi connectivity index (χ4n) is 3.17. The van der Waals surface area contributed by atoms with Crippen molar-refractivity contribution >= 4 is 21.6 Å². The number of rotatable bonds is 4. The van der Waals surface area contributed by atoms with Crippen LogP contribution in [0.5, 0.6) is 0 Å². The number of aryl methyl sites for hydroxylation is 1. The normalized spacial score (nSPS) is 17.0. The van der Waals surface area contributed by atoms with Crippen molar-refractivity contribution in [2.45, 2.75) is 36.6 Å². The molecule has 130 valence electrons. The third-order valence-corrected chi connectivity index (χ3v) is 6.47. The van der Waals surface area contributed by atoms with Gasteiger partial charge in [0.25, 0.3) is 15.9 Å². The summed E-state index contributed by atoms with van der Waals surface area (Å²) in [7, 11) is -3.69. The molecule has 5 nitrogen and oxygen atoms in total. The Balaban J connectivity index is 1.68. The van der Waals surface area contributed by atoms with Crippen molar-refractivity contribution in [3.8, 4) is 0 Å². The van der Waals surface area contributed by atoms with Gasteiger partial charge in [0.2, 0.25) is 0 Å².